The van der Waals surface area contributed by atoms with Gasteiger partial charge < -0.3 is 29.0 Å². The molecule has 1 saturated heterocycles. The molecule has 5 aromatic rings. The summed E-state index contributed by atoms with van der Waals surface area (Å²) in [7, 11) is -1.25. The number of aromatic nitrogens is 5. The van der Waals surface area contributed by atoms with Crippen LogP contribution < -0.4 is 5.56 Å². The Morgan fingerprint density at radius 3 is 2.70 bits per heavy atom. The molecule has 1 amide bonds. The predicted octanol–water partition coefficient (Wildman–Crippen LogP) is 6.20. The topological polar surface area (TPSA) is 166 Å². The summed E-state index contributed by atoms with van der Waals surface area (Å²) in [6, 6.07) is 11.6. The normalized spacial score (nSPS) is 18.2. The van der Waals surface area contributed by atoms with Crippen LogP contribution in [-0.4, -0.2) is 81.1 Å². The van der Waals surface area contributed by atoms with Crippen LogP contribution >= 0.6 is 0 Å². The first kappa shape index (κ1) is 35.0. The molecular weight excluding hydrogens is 657 g/mol. The van der Waals surface area contributed by atoms with Crippen molar-refractivity contribution in [3.05, 3.63) is 75.8 Å². The van der Waals surface area contributed by atoms with Gasteiger partial charge in [0, 0.05) is 66.7 Å². The van der Waals surface area contributed by atoms with Crippen molar-refractivity contribution < 1.29 is 28.7 Å². The highest BCUT2D eigenvalue weighted by Gasteiger charge is 2.46. The number of carbonyl (C=O) groups is 2. The highest BCUT2D eigenvalue weighted by Crippen LogP contribution is 2.41. The molecule has 3 atom stereocenters. The molecule has 3 aromatic heterocycles. The third-order valence-corrected chi connectivity index (χ3v) is 11.3. The van der Waals surface area contributed by atoms with Crippen LogP contribution in [-0.2, 0) is 27.4 Å². The third-order valence-electron chi connectivity index (χ3n) is 9.57. The molecule has 2 unspecified atom stereocenters. The van der Waals surface area contributed by atoms with E-state index >= 15 is 0 Å². The highest BCUT2D eigenvalue weighted by molar-refractivity contribution is 6.76. The lowest BCUT2D eigenvalue weighted by atomic mass is 9.74. The number of hydrogen-bond donors (Lipinski definition) is 2. The van der Waals surface area contributed by atoms with E-state index in [1.807, 2.05) is 49.5 Å². The van der Waals surface area contributed by atoms with Crippen molar-refractivity contribution in [2.75, 3.05) is 19.8 Å². The van der Waals surface area contributed by atoms with Gasteiger partial charge in [0.05, 0.1) is 24.2 Å². The number of esters is 1. The number of ether oxygens (including phenoxy) is 2. The number of fused-ring (bicyclic) bond motifs is 2. The predicted molar refractivity (Wildman–Crippen MR) is 191 cm³/mol. The first-order chi connectivity index (χ1) is 23.9. The van der Waals surface area contributed by atoms with Crippen molar-refractivity contribution in [3.8, 4) is 11.3 Å². The molecule has 2 aromatic carbocycles. The van der Waals surface area contributed by atoms with Crippen molar-refractivity contribution in [1.82, 2.24) is 30.0 Å². The van der Waals surface area contributed by atoms with Gasteiger partial charge in [-0.05, 0) is 67.8 Å². The Morgan fingerprint density at radius 2 is 1.98 bits per heavy atom. The van der Waals surface area contributed by atoms with Crippen LogP contribution in [0, 0.1) is 12.8 Å². The lowest BCUT2D eigenvalue weighted by molar-refractivity contribution is -0.153. The van der Waals surface area contributed by atoms with Crippen LogP contribution in [0.25, 0.3) is 33.1 Å². The molecule has 14 heteroatoms. The number of carbonyl (C=O) groups excluding carboxylic acids is 1. The molecule has 1 fully saturated rings. The fraction of sp³-hybridized carbons (Fsp3) is 0.444. The summed E-state index contributed by atoms with van der Waals surface area (Å²) in [5.74, 6) is -1.53. The van der Waals surface area contributed by atoms with Crippen LogP contribution in [0.5, 0.6) is 0 Å². The number of nitrogens with zero attached hydrogens (tertiary/aromatic N) is 5. The first-order valence-corrected chi connectivity index (χ1v) is 20.8. The summed E-state index contributed by atoms with van der Waals surface area (Å²) in [6.45, 7) is 11.9. The summed E-state index contributed by atoms with van der Waals surface area (Å²) in [4.78, 5) is 44.2. The number of pyridine rings is 1. The molecule has 4 heterocycles. The number of likely N-dealkylation sites (tertiary alicyclic amines) is 1. The van der Waals surface area contributed by atoms with Gasteiger partial charge in [0.2, 0.25) is 0 Å². The van der Waals surface area contributed by atoms with Gasteiger partial charge in [0.25, 0.3) is 5.56 Å². The second kappa shape index (κ2) is 14.6. The lowest BCUT2D eigenvalue weighted by Gasteiger charge is -2.43. The quantitative estimate of drug-likeness (QED) is 0.0870. The Kier molecular flexibility index (Phi) is 10.2. The Balaban J connectivity index is 1.37. The van der Waals surface area contributed by atoms with Gasteiger partial charge in [0.15, 0.2) is 5.76 Å². The molecule has 0 saturated carbocycles. The Bertz CT molecular complexity index is 2050. The van der Waals surface area contributed by atoms with Crippen molar-refractivity contribution >= 4 is 41.9 Å². The molecule has 264 valence electrons. The van der Waals surface area contributed by atoms with Crippen LogP contribution in [0.1, 0.15) is 42.4 Å². The van der Waals surface area contributed by atoms with Crippen molar-refractivity contribution in [2.24, 2.45) is 5.92 Å². The van der Waals surface area contributed by atoms with Crippen molar-refractivity contribution in [2.45, 2.75) is 77.5 Å². The van der Waals surface area contributed by atoms with Gasteiger partial charge in [-0.25, -0.2) is 9.48 Å². The molecule has 2 N–H and O–H groups in total. The summed E-state index contributed by atoms with van der Waals surface area (Å²) >= 11 is 0. The average molecular weight is 701 g/mol. The van der Waals surface area contributed by atoms with E-state index in [9.17, 15) is 19.5 Å². The number of nitrogens with one attached hydrogen (secondary N) is 1. The number of amides is 1. The Hall–Kier alpha value is -4.82. The minimum atomic E-state index is -1.25. The number of H-pyrrole nitrogens is 1. The van der Waals surface area contributed by atoms with E-state index < -0.39 is 38.0 Å². The second-order valence-corrected chi connectivity index (χ2v) is 19.8. The second-order valence-electron chi connectivity index (χ2n) is 14.2. The number of aromatic amines is 1. The van der Waals surface area contributed by atoms with Gasteiger partial charge >= 0.3 is 12.1 Å². The van der Waals surface area contributed by atoms with Gasteiger partial charge in [-0.2, -0.15) is 5.10 Å². The molecule has 1 aliphatic rings. The molecule has 6 rings (SSSR count). The van der Waals surface area contributed by atoms with Crippen LogP contribution in [0.2, 0.25) is 25.7 Å². The van der Waals surface area contributed by atoms with Gasteiger partial charge in [-0.15, -0.1) is 5.10 Å². The fourth-order valence-electron chi connectivity index (χ4n) is 7.15. The smallest absolute Gasteiger partial charge is 0.407 e. The number of rotatable bonds is 12. The zero-order valence-corrected chi connectivity index (χ0v) is 30.1. The summed E-state index contributed by atoms with van der Waals surface area (Å²) < 4.78 is 18.9. The highest BCUT2D eigenvalue weighted by atomic mass is 28.3. The number of hydrogen-bond acceptors (Lipinski definition) is 9. The lowest BCUT2D eigenvalue weighted by Crippen LogP contribution is -2.54. The number of aryl methyl sites for hydroxylation is 2. The van der Waals surface area contributed by atoms with Crippen molar-refractivity contribution in [3.63, 3.8) is 0 Å². The molecule has 13 nitrogen and oxygen atoms in total. The van der Waals surface area contributed by atoms with E-state index in [2.05, 4.69) is 35.0 Å². The van der Waals surface area contributed by atoms with E-state index in [1.54, 1.807) is 17.8 Å². The summed E-state index contributed by atoms with van der Waals surface area (Å²) in [6.07, 6.45) is 3.31. The molecule has 50 heavy (non-hydrogen) atoms. The third kappa shape index (κ3) is 7.36. The molecule has 0 bridgehead atoms. The fourth-order valence-corrected chi connectivity index (χ4v) is 7.91. The average Bonchev–Trinajstić information content (AvgIpc) is 3.76. The summed E-state index contributed by atoms with van der Waals surface area (Å²) in [5.41, 5.74) is 4.15. The van der Waals surface area contributed by atoms with E-state index in [0.29, 0.717) is 43.0 Å². The Labute approximate surface area is 290 Å². The number of piperidine rings is 1. The van der Waals surface area contributed by atoms with Gasteiger partial charge in [-0.3, -0.25) is 9.59 Å². The van der Waals surface area contributed by atoms with E-state index in [-0.39, 0.29) is 25.1 Å². The van der Waals surface area contributed by atoms with Gasteiger partial charge in [-0.1, -0.05) is 43.9 Å². The zero-order chi connectivity index (χ0) is 35.6. The Morgan fingerprint density at radius 1 is 1.18 bits per heavy atom. The maximum atomic E-state index is 13.8. The van der Waals surface area contributed by atoms with E-state index in [4.69, 9.17) is 19.1 Å². The minimum absolute atomic E-state index is 0.125. The molecule has 0 aliphatic carbocycles. The maximum Gasteiger partial charge on any atom is 0.407 e. The SMILES string of the molecule is CCOC(=O)C1C(c2cc3ccccc3[nH]c2=O)CCN(C(=O)O)[C@@H]1CCc1cc(C)c2nn(COCC[Si](C)(C)C)cc2c1-c1cnno1. The molecule has 1 aliphatic heterocycles. The van der Waals surface area contributed by atoms with Crippen LogP contribution in [0.3, 0.4) is 0 Å². The number of benzene rings is 2. The minimum Gasteiger partial charge on any atom is -0.466 e. The standard InChI is InChI=1S/C36H44N6O7Si/c1-6-48-35(44)32-25(26-18-23-9-7-8-10-28(23)38-34(26)43)13-14-42(36(45)46)29(32)12-11-24-17-22(2)33-27(31(24)30-19-37-40-49-30)20-41(39-33)21-47-15-16-50(3,4)5/h7-10,17-20,25,29,32H,6,11-16,21H2,1-5H3,(H,38,43)(H,45,46)/t25?,29-,32?/m1/s1. The summed E-state index contributed by atoms with van der Waals surface area (Å²) in [5, 5.41) is 24.5. The van der Waals surface area contributed by atoms with Crippen LogP contribution in [0.4, 0.5) is 4.79 Å². The largest absolute Gasteiger partial charge is 0.466 e. The molecule has 0 radical (unpaired) electrons. The first-order valence-electron chi connectivity index (χ1n) is 17.1. The monoisotopic (exact) mass is 700 g/mol. The van der Waals surface area contributed by atoms with E-state index in [1.165, 1.54) is 4.90 Å². The molecular formula is C36H44N6O7Si. The van der Waals surface area contributed by atoms with Crippen LogP contribution in [0.15, 0.2) is 58.1 Å². The van der Waals surface area contributed by atoms with E-state index in [0.717, 1.165) is 39.0 Å². The maximum absolute atomic E-state index is 13.8. The number of carboxylic acid groups (broad SMARTS) is 1. The molecule has 0 spiro atoms. The van der Waals surface area contributed by atoms with Crippen molar-refractivity contribution in [1.29, 1.82) is 0 Å². The number of para-hydroxylation sites is 1. The van der Waals surface area contributed by atoms with Gasteiger partial charge in [0.1, 0.15) is 6.73 Å². The zero-order valence-electron chi connectivity index (χ0n) is 29.1.